The van der Waals surface area contributed by atoms with Gasteiger partial charge in [0.15, 0.2) is 0 Å². The fraction of sp³-hybridized carbons (Fsp3) is 1.00. The van der Waals surface area contributed by atoms with Crippen LogP contribution in [0.2, 0.25) is 0 Å². The van der Waals surface area contributed by atoms with Crippen molar-refractivity contribution in [2.24, 2.45) is 0 Å². The molecule has 1 N–H and O–H groups in total. The standard InChI is InChI=1S/C10H24N2O/c1-10(2,13-5)9-11-7-6-8-12(3)4/h11H,6-9H2,1-5H3. The van der Waals surface area contributed by atoms with E-state index in [1.54, 1.807) is 7.11 Å². The SMILES string of the molecule is COC(C)(C)CNCCCN(C)C. The first-order chi connectivity index (χ1) is 5.98. The van der Waals surface area contributed by atoms with Crippen molar-refractivity contribution < 1.29 is 4.74 Å². The molecule has 0 aromatic carbocycles. The molecule has 0 aromatic rings. The zero-order chi connectivity index (χ0) is 10.3. The molecule has 0 bridgehead atoms. The topological polar surface area (TPSA) is 24.5 Å². The second-order valence-corrected chi connectivity index (χ2v) is 4.30. The summed E-state index contributed by atoms with van der Waals surface area (Å²) in [7, 11) is 5.94. The molecule has 0 aliphatic heterocycles. The molecule has 0 rings (SSSR count). The molecule has 0 heterocycles. The summed E-state index contributed by atoms with van der Waals surface area (Å²) in [6.45, 7) is 7.29. The Kier molecular flexibility index (Phi) is 6.29. The van der Waals surface area contributed by atoms with Crippen LogP contribution >= 0.6 is 0 Å². The fourth-order valence-electron chi connectivity index (χ4n) is 0.982. The van der Waals surface area contributed by atoms with Gasteiger partial charge in [-0.25, -0.2) is 0 Å². The van der Waals surface area contributed by atoms with Crippen molar-refractivity contribution in [2.45, 2.75) is 25.9 Å². The summed E-state index contributed by atoms with van der Waals surface area (Å²) in [6, 6.07) is 0. The number of rotatable bonds is 7. The Bertz CT molecular complexity index is 124. The van der Waals surface area contributed by atoms with Crippen LogP contribution in [0.3, 0.4) is 0 Å². The lowest BCUT2D eigenvalue weighted by atomic mass is 10.1. The highest BCUT2D eigenvalue weighted by Gasteiger charge is 2.14. The molecule has 0 fully saturated rings. The predicted octanol–water partition coefficient (Wildman–Crippen LogP) is 0.953. The minimum absolute atomic E-state index is 0.0435. The van der Waals surface area contributed by atoms with Gasteiger partial charge in [0.1, 0.15) is 0 Å². The maximum atomic E-state index is 5.29. The van der Waals surface area contributed by atoms with E-state index in [9.17, 15) is 0 Å². The largest absolute Gasteiger partial charge is 0.377 e. The molecule has 0 radical (unpaired) electrons. The lowest BCUT2D eigenvalue weighted by Gasteiger charge is -2.23. The van der Waals surface area contributed by atoms with Crippen LogP contribution in [-0.2, 0) is 4.74 Å². The second-order valence-electron chi connectivity index (χ2n) is 4.30. The van der Waals surface area contributed by atoms with E-state index in [0.717, 1.165) is 19.6 Å². The number of hydrogen-bond acceptors (Lipinski definition) is 3. The van der Waals surface area contributed by atoms with Gasteiger partial charge in [0.2, 0.25) is 0 Å². The lowest BCUT2D eigenvalue weighted by Crippen LogP contribution is -2.37. The number of nitrogens with zero attached hydrogens (tertiary/aromatic N) is 1. The van der Waals surface area contributed by atoms with Gasteiger partial charge in [0.05, 0.1) is 5.60 Å². The van der Waals surface area contributed by atoms with E-state index in [1.807, 2.05) is 0 Å². The maximum Gasteiger partial charge on any atom is 0.0746 e. The second kappa shape index (κ2) is 6.35. The molecule has 0 spiro atoms. The Balaban J connectivity index is 3.26. The van der Waals surface area contributed by atoms with Crippen molar-refractivity contribution >= 4 is 0 Å². The van der Waals surface area contributed by atoms with Crippen LogP contribution in [0, 0.1) is 0 Å². The molecule has 0 aliphatic rings. The van der Waals surface area contributed by atoms with Crippen molar-refractivity contribution in [3.8, 4) is 0 Å². The maximum absolute atomic E-state index is 5.29. The van der Waals surface area contributed by atoms with Crippen LogP contribution in [-0.4, -0.2) is 51.3 Å². The Morgan fingerprint density at radius 2 is 1.92 bits per heavy atom. The summed E-state index contributed by atoms with van der Waals surface area (Å²) in [5.74, 6) is 0. The van der Waals surface area contributed by atoms with Crippen LogP contribution in [0.1, 0.15) is 20.3 Å². The first-order valence-corrected chi connectivity index (χ1v) is 4.88. The van der Waals surface area contributed by atoms with Gasteiger partial charge >= 0.3 is 0 Å². The van der Waals surface area contributed by atoms with E-state index in [4.69, 9.17) is 4.74 Å². The van der Waals surface area contributed by atoms with E-state index >= 15 is 0 Å². The van der Waals surface area contributed by atoms with Crippen LogP contribution in [0.25, 0.3) is 0 Å². The van der Waals surface area contributed by atoms with Gasteiger partial charge in [-0.05, 0) is 47.5 Å². The van der Waals surface area contributed by atoms with Crippen molar-refractivity contribution in [1.29, 1.82) is 0 Å². The van der Waals surface area contributed by atoms with E-state index in [0.29, 0.717) is 0 Å². The van der Waals surface area contributed by atoms with Crippen molar-refractivity contribution in [1.82, 2.24) is 10.2 Å². The fourth-order valence-corrected chi connectivity index (χ4v) is 0.982. The lowest BCUT2D eigenvalue weighted by molar-refractivity contribution is 0.0233. The molecule has 0 aliphatic carbocycles. The number of hydrogen-bond donors (Lipinski definition) is 1. The smallest absolute Gasteiger partial charge is 0.0746 e. The van der Waals surface area contributed by atoms with Crippen LogP contribution in [0.4, 0.5) is 0 Å². The zero-order valence-electron chi connectivity index (χ0n) is 9.68. The van der Waals surface area contributed by atoms with E-state index in [1.165, 1.54) is 6.42 Å². The summed E-state index contributed by atoms with van der Waals surface area (Å²) in [6.07, 6.45) is 1.19. The number of methoxy groups -OCH3 is 1. The normalized spacial score (nSPS) is 12.5. The van der Waals surface area contributed by atoms with Gasteiger partial charge in [-0.3, -0.25) is 0 Å². The summed E-state index contributed by atoms with van der Waals surface area (Å²) >= 11 is 0. The van der Waals surface area contributed by atoms with Gasteiger partial charge in [-0.15, -0.1) is 0 Å². The average molecular weight is 188 g/mol. The summed E-state index contributed by atoms with van der Waals surface area (Å²) in [5, 5.41) is 3.38. The predicted molar refractivity (Wildman–Crippen MR) is 57.1 cm³/mol. The van der Waals surface area contributed by atoms with Gasteiger partial charge in [0.25, 0.3) is 0 Å². The minimum atomic E-state index is -0.0435. The molecule has 0 atom stereocenters. The molecule has 0 amide bonds. The van der Waals surface area contributed by atoms with Crippen molar-refractivity contribution in [2.75, 3.05) is 40.8 Å². The third-order valence-corrected chi connectivity index (χ3v) is 2.06. The van der Waals surface area contributed by atoms with Crippen LogP contribution in [0.15, 0.2) is 0 Å². The third kappa shape index (κ3) is 8.22. The first-order valence-electron chi connectivity index (χ1n) is 4.88. The molecule has 0 saturated carbocycles. The van der Waals surface area contributed by atoms with E-state index < -0.39 is 0 Å². The number of ether oxygens (including phenoxy) is 1. The Labute approximate surface area is 82.4 Å². The first kappa shape index (κ1) is 12.9. The summed E-state index contributed by atoms with van der Waals surface area (Å²) in [5.41, 5.74) is -0.0435. The monoisotopic (exact) mass is 188 g/mol. The summed E-state index contributed by atoms with van der Waals surface area (Å²) in [4.78, 5) is 2.20. The van der Waals surface area contributed by atoms with Gasteiger partial charge in [-0.2, -0.15) is 0 Å². The molecular weight excluding hydrogens is 164 g/mol. The molecule has 3 nitrogen and oxygen atoms in total. The summed E-state index contributed by atoms with van der Waals surface area (Å²) < 4.78 is 5.29. The molecular formula is C10H24N2O. The molecule has 0 saturated heterocycles. The molecule has 80 valence electrons. The Hall–Kier alpha value is -0.120. The van der Waals surface area contributed by atoms with Gasteiger partial charge in [0, 0.05) is 13.7 Å². The van der Waals surface area contributed by atoms with Gasteiger partial charge < -0.3 is 15.0 Å². The molecule has 13 heavy (non-hydrogen) atoms. The quantitative estimate of drug-likeness (QED) is 0.602. The number of nitrogens with one attached hydrogen (secondary N) is 1. The Morgan fingerprint density at radius 3 is 2.38 bits per heavy atom. The van der Waals surface area contributed by atoms with Crippen LogP contribution < -0.4 is 5.32 Å². The Morgan fingerprint density at radius 1 is 1.31 bits per heavy atom. The molecule has 0 aromatic heterocycles. The average Bonchev–Trinajstić information content (AvgIpc) is 2.03. The highest BCUT2D eigenvalue weighted by molar-refractivity contribution is 4.70. The van der Waals surface area contributed by atoms with Crippen molar-refractivity contribution in [3.05, 3.63) is 0 Å². The molecule has 0 unspecified atom stereocenters. The molecule has 3 heteroatoms. The van der Waals surface area contributed by atoms with E-state index in [-0.39, 0.29) is 5.60 Å². The van der Waals surface area contributed by atoms with Crippen molar-refractivity contribution in [3.63, 3.8) is 0 Å². The minimum Gasteiger partial charge on any atom is -0.377 e. The van der Waals surface area contributed by atoms with Crippen LogP contribution in [0.5, 0.6) is 0 Å². The zero-order valence-corrected chi connectivity index (χ0v) is 9.68. The third-order valence-electron chi connectivity index (χ3n) is 2.06. The highest BCUT2D eigenvalue weighted by atomic mass is 16.5. The van der Waals surface area contributed by atoms with Gasteiger partial charge in [-0.1, -0.05) is 0 Å². The highest BCUT2D eigenvalue weighted by Crippen LogP contribution is 2.04. The van der Waals surface area contributed by atoms with E-state index in [2.05, 4.69) is 38.2 Å².